The van der Waals surface area contributed by atoms with Gasteiger partial charge in [-0.1, -0.05) is 58.9 Å². The van der Waals surface area contributed by atoms with Crippen LogP contribution in [0.1, 0.15) is 58.6 Å². The Morgan fingerprint density at radius 2 is 1.63 bits per heavy atom. The first-order chi connectivity index (χ1) is 8.82. The van der Waals surface area contributed by atoms with Crippen molar-refractivity contribution in [2.75, 3.05) is 7.05 Å². The van der Waals surface area contributed by atoms with Crippen LogP contribution in [0, 0.1) is 5.92 Å². The Morgan fingerprint density at radius 3 is 2.05 bits per heavy atom. The maximum Gasteiger partial charge on any atom is 0.00696 e. The van der Waals surface area contributed by atoms with Crippen LogP contribution >= 0.6 is 0 Å². The summed E-state index contributed by atoms with van der Waals surface area (Å²) in [4.78, 5) is 0. The topological polar surface area (TPSA) is 12.0 Å². The number of aryl methyl sites for hydroxylation is 1. The first kappa shape index (κ1) is 16.2. The molecule has 1 atom stereocenters. The molecule has 1 heteroatoms. The summed E-state index contributed by atoms with van der Waals surface area (Å²) in [5.74, 6) is 0.765. The molecule has 0 aliphatic carbocycles. The number of benzene rings is 1. The molecule has 0 saturated carbocycles. The van der Waals surface area contributed by atoms with Gasteiger partial charge in [-0.15, -0.1) is 0 Å². The summed E-state index contributed by atoms with van der Waals surface area (Å²) in [6.45, 7) is 11.4. The second kappa shape index (κ2) is 7.09. The molecule has 108 valence electrons. The van der Waals surface area contributed by atoms with Crippen molar-refractivity contribution in [2.24, 2.45) is 5.92 Å². The molecule has 1 aromatic rings. The highest BCUT2D eigenvalue weighted by atomic mass is 14.9. The number of nitrogens with one attached hydrogen (secondary N) is 1. The van der Waals surface area contributed by atoms with Gasteiger partial charge in [0.25, 0.3) is 0 Å². The van der Waals surface area contributed by atoms with Crippen LogP contribution in [0.5, 0.6) is 0 Å². The standard InChI is InChI=1S/C18H31N/c1-14(2)13-17(19-6)12-9-15-7-10-16(11-8-15)18(3,4)5/h7-8,10-11,14,17,19H,9,12-13H2,1-6H3. The van der Waals surface area contributed by atoms with Gasteiger partial charge in [-0.2, -0.15) is 0 Å². The second-order valence-electron chi connectivity index (χ2n) is 7.10. The molecule has 1 unspecified atom stereocenters. The van der Waals surface area contributed by atoms with Gasteiger partial charge in [0.2, 0.25) is 0 Å². The maximum absolute atomic E-state index is 3.44. The Kier molecular flexibility index (Phi) is 6.06. The Hall–Kier alpha value is -0.820. The summed E-state index contributed by atoms with van der Waals surface area (Å²) in [7, 11) is 2.08. The molecule has 0 aliphatic rings. The van der Waals surface area contributed by atoms with E-state index in [1.54, 1.807) is 0 Å². The lowest BCUT2D eigenvalue weighted by Gasteiger charge is -2.20. The van der Waals surface area contributed by atoms with E-state index in [4.69, 9.17) is 0 Å². The molecule has 0 aliphatic heterocycles. The van der Waals surface area contributed by atoms with E-state index < -0.39 is 0 Å². The SMILES string of the molecule is CNC(CCc1ccc(C(C)(C)C)cc1)CC(C)C. The van der Waals surface area contributed by atoms with E-state index in [1.807, 2.05) is 0 Å². The minimum atomic E-state index is 0.254. The third-order valence-corrected chi connectivity index (χ3v) is 3.77. The molecule has 0 heterocycles. The van der Waals surface area contributed by atoms with Crippen LogP contribution < -0.4 is 5.32 Å². The van der Waals surface area contributed by atoms with Gasteiger partial charge in [0.05, 0.1) is 0 Å². The van der Waals surface area contributed by atoms with Gasteiger partial charge in [0.15, 0.2) is 0 Å². The zero-order chi connectivity index (χ0) is 14.5. The fourth-order valence-electron chi connectivity index (χ4n) is 2.46. The molecule has 0 aromatic heterocycles. The van der Waals surface area contributed by atoms with E-state index in [0.717, 1.165) is 5.92 Å². The Balaban J connectivity index is 2.54. The molecular weight excluding hydrogens is 230 g/mol. The Labute approximate surface area is 119 Å². The molecule has 1 aromatic carbocycles. The monoisotopic (exact) mass is 261 g/mol. The number of hydrogen-bond acceptors (Lipinski definition) is 1. The van der Waals surface area contributed by atoms with Gasteiger partial charge in [0, 0.05) is 6.04 Å². The van der Waals surface area contributed by atoms with E-state index in [-0.39, 0.29) is 5.41 Å². The van der Waals surface area contributed by atoms with Gasteiger partial charge >= 0.3 is 0 Å². The van der Waals surface area contributed by atoms with Crippen molar-refractivity contribution in [3.05, 3.63) is 35.4 Å². The van der Waals surface area contributed by atoms with Crippen LogP contribution in [0.15, 0.2) is 24.3 Å². The van der Waals surface area contributed by atoms with E-state index in [1.165, 1.54) is 30.4 Å². The number of hydrogen-bond donors (Lipinski definition) is 1. The average molecular weight is 261 g/mol. The van der Waals surface area contributed by atoms with Gasteiger partial charge in [-0.3, -0.25) is 0 Å². The van der Waals surface area contributed by atoms with Crippen molar-refractivity contribution in [3.63, 3.8) is 0 Å². The third-order valence-electron chi connectivity index (χ3n) is 3.77. The molecular formula is C18H31N. The first-order valence-electron chi connectivity index (χ1n) is 7.59. The van der Waals surface area contributed by atoms with Crippen molar-refractivity contribution >= 4 is 0 Å². The molecule has 1 rings (SSSR count). The van der Waals surface area contributed by atoms with Crippen LogP contribution in [0.3, 0.4) is 0 Å². The maximum atomic E-state index is 3.44. The lowest BCUT2D eigenvalue weighted by Crippen LogP contribution is -2.27. The van der Waals surface area contributed by atoms with Crippen LogP contribution in [0.25, 0.3) is 0 Å². The third kappa shape index (κ3) is 5.78. The van der Waals surface area contributed by atoms with Crippen LogP contribution in [-0.4, -0.2) is 13.1 Å². The molecule has 0 radical (unpaired) electrons. The van der Waals surface area contributed by atoms with E-state index in [0.29, 0.717) is 6.04 Å². The van der Waals surface area contributed by atoms with Gasteiger partial charge in [-0.05, 0) is 48.8 Å². The molecule has 1 N–H and O–H groups in total. The molecule has 0 fully saturated rings. The summed E-state index contributed by atoms with van der Waals surface area (Å²) >= 11 is 0. The van der Waals surface area contributed by atoms with Gasteiger partial charge in [-0.25, -0.2) is 0 Å². The van der Waals surface area contributed by atoms with E-state index in [9.17, 15) is 0 Å². The highest BCUT2D eigenvalue weighted by molar-refractivity contribution is 5.27. The van der Waals surface area contributed by atoms with Crippen molar-refractivity contribution in [1.29, 1.82) is 0 Å². The van der Waals surface area contributed by atoms with Gasteiger partial charge < -0.3 is 5.32 Å². The summed E-state index contributed by atoms with van der Waals surface area (Å²) in [6, 6.07) is 9.80. The van der Waals surface area contributed by atoms with E-state index in [2.05, 4.69) is 71.2 Å². The summed E-state index contributed by atoms with van der Waals surface area (Å²) < 4.78 is 0. The van der Waals surface area contributed by atoms with Crippen LogP contribution in [-0.2, 0) is 11.8 Å². The zero-order valence-corrected chi connectivity index (χ0v) is 13.6. The largest absolute Gasteiger partial charge is 0.317 e. The van der Waals surface area contributed by atoms with Crippen LogP contribution in [0.2, 0.25) is 0 Å². The van der Waals surface area contributed by atoms with Crippen molar-refractivity contribution in [2.45, 2.75) is 65.3 Å². The lowest BCUT2D eigenvalue weighted by molar-refractivity contribution is 0.422. The molecule has 0 bridgehead atoms. The quantitative estimate of drug-likeness (QED) is 0.792. The highest BCUT2D eigenvalue weighted by Crippen LogP contribution is 2.22. The smallest absolute Gasteiger partial charge is 0.00696 e. The fraction of sp³-hybridized carbons (Fsp3) is 0.667. The predicted molar refractivity (Wildman–Crippen MR) is 85.8 cm³/mol. The summed E-state index contributed by atoms with van der Waals surface area (Å²) in [5.41, 5.74) is 3.13. The Morgan fingerprint density at radius 1 is 1.05 bits per heavy atom. The second-order valence-corrected chi connectivity index (χ2v) is 7.10. The predicted octanol–water partition coefficient (Wildman–Crippen LogP) is 4.55. The lowest BCUT2D eigenvalue weighted by atomic mass is 9.86. The molecule has 0 spiro atoms. The normalized spacial score (nSPS) is 13.8. The van der Waals surface area contributed by atoms with Crippen LogP contribution in [0.4, 0.5) is 0 Å². The average Bonchev–Trinajstić information content (AvgIpc) is 2.33. The summed E-state index contributed by atoms with van der Waals surface area (Å²) in [6.07, 6.45) is 3.66. The van der Waals surface area contributed by atoms with Crippen molar-refractivity contribution in [1.82, 2.24) is 5.32 Å². The zero-order valence-electron chi connectivity index (χ0n) is 13.6. The first-order valence-corrected chi connectivity index (χ1v) is 7.59. The minimum absolute atomic E-state index is 0.254. The number of rotatable bonds is 6. The molecule has 1 nitrogen and oxygen atoms in total. The summed E-state index contributed by atoms with van der Waals surface area (Å²) in [5, 5.41) is 3.44. The molecule has 19 heavy (non-hydrogen) atoms. The molecule has 0 saturated heterocycles. The molecule has 0 amide bonds. The van der Waals surface area contributed by atoms with Crippen molar-refractivity contribution < 1.29 is 0 Å². The fourth-order valence-corrected chi connectivity index (χ4v) is 2.46. The highest BCUT2D eigenvalue weighted by Gasteiger charge is 2.13. The minimum Gasteiger partial charge on any atom is -0.317 e. The van der Waals surface area contributed by atoms with Gasteiger partial charge in [0.1, 0.15) is 0 Å². The van der Waals surface area contributed by atoms with Crippen molar-refractivity contribution in [3.8, 4) is 0 Å². The van der Waals surface area contributed by atoms with E-state index >= 15 is 0 Å². The Bertz CT molecular complexity index is 356.